The summed E-state index contributed by atoms with van der Waals surface area (Å²) in [6, 6.07) is 14.1. The number of nitrogens with zero attached hydrogens (tertiary/aromatic N) is 1. The molecular weight excluding hydrogens is 410 g/mol. The third-order valence-corrected chi connectivity index (χ3v) is 4.56. The number of nitrogens with one attached hydrogen (secondary N) is 2. The molecule has 168 valence electrons. The minimum atomic E-state index is -1.11. The van der Waals surface area contributed by atoms with Crippen LogP contribution in [-0.4, -0.2) is 36.5 Å². The highest BCUT2D eigenvalue weighted by molar-refractivity contribution is 6.00. The molecule has 0 radical (unpaired) electrons. The van der Waals surface area contributed by atoms with Crippen molar-refractivity contribution < 1.29 is 23.9 Å². The van der Waals surface area contributed by atoms with E-state index in [9.17, 15) is 14.4 Å². The van der Waals surface area contributed by atoms with Crippen LogP contribution in [-0.2, 0) is 14.3 Å². The topological polar surface area (TPSA) is 118 Å². The molecule has 2 aromatic carbocycles. The van der Waals surface area contributed by atoms with Crippen LogP contribution in [0.5, 0.6) is 5.75 Å². The van der Waals surface area contributed by atoms with E-state index in [0.717, 1.165) is 0 Å². The van der Waals surface area contributed by atoms with Crippen LogP contribution in [0.2, 0.25) is 0 Å². The summed E-state index contributed by atoms with van der Waals surface area (Å²) >= 11 is 0. The lowest BCUT2D eigenvalue weighted by Gasteiger charge is -2.23. The van der Waals surface area contributed by atoms with Crippen LogP contribution in [0.4, 0.5) is 5.69 Å². The number of anilines is 1. The molecule has 2 atom stereocenters. The number of nitriles is 1. The molecule has 0 bridgehead atoms. The van der Waals surface area contributed by atoms with Crippen molar-refractivity contribution in [3.05, 3.63) is 59.7 Å². The second kappa shape index (κ2) is 11.5. The molecule has 0 aromatic heterocycles. The lowest BCUT2D eigenvalue weighted by molar-refractivity contribution is -0.156. The van der Waals surface area contributed by atoms with E-state index >= 15 is 0 Å². The average molecular weight is 437 g/mol. The number of carbonyl (C=O) groups excluding carboxylic acids is 3. The molecule has 0 aliphatic carbocycles. The van der Waals surface area contributed by atoms with Crippen molar-refractivity contribution in [2.24, 2.45) is 5.92 Å². The molecule has 32 heavy (non-hydrogen) atoms. The Labute approximate surface area is 187 Å². The lowest BCUT2D eigenvalue weighted by Crippen LogP contribution is -2.47. The van der Waals surface area contributed by atoms with Crippen molar-refractivity contribution in [1.29, 1.82) is 5.26 Å². The number of benzene rings is 2. The largest absolute Gasteiger partial charge is 0.493 e. The van der Waals surface area contributed by atoms with E-state index in [1.165, 1.54) is 13.0 Å². The van der Waals surface area contributed by atoms with E-state index in [4.69, 9.17) is 14.7 Å². The second-order valence-electron chi connectivity index (χ2n) is 7.39. The molecule has 2 N–H and O–H groups in total. The first-order valence-corrected chi connectivity index (χ1v) is 10.3. The van der Waals surface area contributed by atoms with Crippen molar-refractivity contribution >= 4 is 23.5 Å². The summed E-state index contributed by atoms with van der Waals surface area (Å²) < 4.78 is 10.8. The van der Waals surface area contributed by atoms with Gasteiger partial charge in [0.2, 0.25) is 0 Å². The van der Waals surface area contributed by atoms with Crippen molar-refractivity contribution in [3.8, 4) is 11.8 Å². The molecule has 2 aromatic rings. The van der Waals surface area contributed by atoms with Crippen LogP contribution in [0.3, 0.4) is 0 Å². The second-order valence-corrected chi connectivity index (χ2v) is 7.39. The van der Waals surface area contributed by atoms with Gasteiger partial charge in [-0.3, -0.25) is 9.59 Å². The summed E-state index contributed by atoms with van der Waals surface area (Å²) in [4.78, 5) is 37.9. The molecule has 0 fully saturated rings. The number of para-hydroxylation sites is 1. The first kappa shape index (κ1) is 24.4. The summed E-state index contributed by atoms with van der Waals surface area (Å²) in [5, 5.41) is 14.3. The molecule has 1 unspecified atom stereocenters. The Kier molecular flexibility index (Phi) is 8.78. The van der Waals surface area contributed by atoms with Gasteiger partial charge in [-0.2, -0.15) is 5.26 Å². The predicted molar refractivity (Wildman–Crippen MR) is 119 cm³/mol. The zero-order valence-corrected chi connectivity index (χ0v) is 18.5. The number of esters is 1. The van der Waals surface area contributed by atoms with Crippen LogP contribution in [0, 0.1) is 17.2 Å². The van der Waals surface area contributed by atoms with Crippen molar-refractivity contribution in [2.45, 2.75) is 39.8 Å². The number of hydrogen-bond acceptors (Lipinski definition) is 6. The zero-order valence-electron chi connectivity index (χ0n) is 18.5. The minimum absolute atomic E-state index is 0.284. The predicted octanol–water partition coefficient (Wildman–Crippen LogP) is 3.28. The normalized spacial score (nSPS) is 12.2. The average Bonchev–Trinajstić information content (AvgIpc) is 2.77. The molecule has 0 saturated heterocycles. The summed E-state index contributed by atoms with van der Waals surface area (Å²) in [5.74, 6) is -1.63. The van der Waals surface area contributed by atoms with E-state index in [1.54, 1.807) is 56.3 Å². The SMILES string of the molecule is CCOc1ccccc1C(=O)N[C@@H](C(=O)OC(C)C(=O)Nc1cccc(C#N)c1)C(C)C. The van der Waals surface area contributed by atoms with Crippen molar-refractivity contribution in [2.75, 3.05) is 11.9 Å². The molecule has 0 aliphatic heterocycles. The fourth-order valence-corrected chi connectivity index (χ4v) is 2.86. The fraction of sp³-hybridized carbons (Fsp3) is 0.333. The molecule has 0 saturated carbocycles. The highest BCUT2D eigenvalue weighted by Crippen LogP contribution is 2.19. The molecule has 8 heteroatoms. The van der Waals surface area contributed by atoms with Crippen LogP contribution >= 0.6 is 0 Å². The Morgan fingerprint density at radius 1 is 1.06 bits per heavy atom. The Morgan fingerprint density at radius 2 is 1.78 bits per heavy atom. The van der Waals surface area contributed by atoms with Crippen LogP contribution in [0.15, 0.2) is 48.5 Å². The van der Waals surface area contributed by atoms with E-state index in [1.807, 2.05) is 13.0 Å². The number of rotatable bonds is 9. The van der Waals surface area contributed by atoms with Crippen LogP contribution in [0.1, 0.15) is 43.6 Å². The first-order valence-electron chi connectivity index (χ1n) is 10.3. The van der Waals surface area contributed by atoms with Gasteiger partial charge in [0.1, 0.15) is 11.8 Å². The first-order chi connectivity index (χ1) is 15.3. The highest BCUT2D eigenvalue weighted by atomic mass is 16.5. The van der Waals surface area contributed by atoms with Gasteiger partial charge >= 0.3 is 5.97 Å². The van der Waals surface area contributed by atoms with Gasteiger partial charge in [-0.05, 0) is 50.1 Å². The Bertz CT molecular complexity index is 1010. The summed E-state index contributed by atoms with van der Waals surface area (Å²) in [5.41, 5.74) is 1.11. The minimum Gasteiger partial charge on any atom is -0.493 e. The number of carbonyl (C=O) groups is 3. The number of amides is 2. The summed E-state index contributed by atoms with van der Waals surface area (Å²) in [7, 11) is 0. The molecule has 8 nitrogen and oxygen atoms in total. The fourth-order valence-electron chi connectivity index (χ4n) is 2.86. The highest BCUT2D eigenvalue weighted by Gasteiger charge is 2.30. The van der Waals surface area contributed by atoms with E-state index in [0.29, 0.717) is 29.2 Å². The van der Waals surface area contributed by atoms with Gasteiger partial charge in [-0.15, -0.1) is 0 Å². The molecule has 2 amide bonds. The van der Waals surface area contributed by atoms with Gasteiger partial charge in [-0.1, -0.05) is 32.0 Å². The molecule has 2 rings (SSSR count). The monoisotopic (exact) mass is 437 g/mol. The van der Waals surface area contributed by atoms with Gasteiger partial charge in [-0.25, -0.2) is 4.79 Å². The van der Waals surface area contributed by atoms with E-state index < -0.39 is 29.9 Å². The molecule has 0 spiro atoms. The van der Waals surface area contributed by atoms with E-state index in [2.05, 4.69) is 10.6 Å². The van der Waals surface area contributed by atoms with E-state index in [-0.39, 0.29) is 5.92 Å². The van der Waals surface area contributed by atoms with Crippen LogP contribution < -0.4 is 15.4 Å². The van der Waals surface area contributed by atoms with Crippen molar-refractivity contribution in [1.82, 2.24) is 5.32 Å². The third-order valence-electron chi connectivity index (χ3n) is 4.56. The molecule has 0 heterocycles. The van der Waals surface area contributed by atoms with Gasteiger partial charge in [0.05, 0.1) is 23.8 Å². The Balaban J connectivity index is 2.05. The maximum atomic E-state index is 12.8. The number of ether oxygens (including phenoxy) is 2. The molecular formula is C24H27N3O5. The molecule has 0 aliphatic rings. The van der Waals surface area contributed by atoms with Gasteiger partial charge < -0.3 is 20.1 Å². The smallest absolute Gasteiger partial charge is 0.329 e. The van der Waals surface area contributed by atoms with Gasteiger partial charge in [0.25, 0.3) is 11.8 Å². The quantitative estimate of drug-likeness (QED) is 0.582. The Morgan fingerprint density at radius 3 is 2.44 bits per heavy atom. The third kappa shape index (κ3) is 6.57. The maximum absolute atomic E-state index is 12.8. The maximum Gasteiger partial charge on any atom is 0.329 e. The zero-order chi connectivity index (χ0) is 23.7. The Hall–Kier alpha value is -3.86. The standard InChI is InChI=1S/C24H27N3O5/c1-5-31-20-12-7-6-11-19(20)23(29)27-21(15(2)3)24(30)32-16(4)22(28)26-18-10-8-9-17(13-18)14-25/h6-13,15-16,21H,5H2,1-4H3,(H,26,28)(H,27,29)/t16?,21-/m1/s1. The lowest BCUT2D eigenvalue weighted by atomic mass is 10.0. The van der Waals surface area contributed by atoms with Crippen LogP contribution in [0.25, 0.3) is 0 Å². The summed E-state index contributed by atoms with van der Waals surface area (Å²) in [6.07, 6.45) is -1.11. The summed E-state index contributed by atoms with van der Waals surface area (Å²) in [6.45, 7) is 7.17. The van der Waals surface area contributed by atoms with Gasteiger partial charge in [0.15, 0.2) is 6.10 Å². The number of hydrogen-bond donors (Lipinski definition) is 2. The van der Waals surface area contributed by atoms with Gasteiger partial charge in [0, 0.05) is 5.69 Å². The van der Waals surface area contributed by atoms with Crippen molar-refractivity contribution in [3.63, 3.8) is 0 Å².